The highest BCUT2D eigenvalue weighted by atomic mass is 16.1. The van der Waals surface area contributed by atoms with Crippen LogP contribution in [-0.2, 0) is 0 Å². The van der Waals surface area contributed by atoms with E-state index in [0.29, 0.717) is 16.9 Å². The number of pyridine rings is 2. The Labute approximate surface area is 196 Å². The first-order chi connectivity index (χ1) is 16.6. The topological polar surface area (TPSA) is 105 Å². The Morgan fingerprint density at radius 2 is 1.47 bits per heavy atom. The van der Waals surface area contributed by atoms with E-state index in [-0.39, 0.29) is 5.91 Å². The van der Waals surface area contributed by atoms with Crippen LogP contribution in [0.15, 0.2) is 104 Å². The van der Waals surface area contributed by atoms with E-state index in [2.05, 4.69) is 25.9 Å². The Morgan fingerprint density at radius 3 is 2.32 bits per heavy atom. The van der Waals surface area contributed by atoms with Gasteiger partial charge in [-0.2, -0.15) is 0 Å². The third-order valence-corrected chi connectivity index (χ3v) is 5.26. The molecule has 5 N–H and O–H groups in total. The van der Waals surface area contributed by atoms with Gasteiger partial charge in [0.1, 0.15) is 0 Å². The zero-order chi connectivity index (χ0) is 23.3. The van der Waals surface area contributed by atoms with Gasteiger partial charge in [-0.25, -0.2) is 0 Å². The number of nitrogens with zero attached hydrogens (tertiary/aromatic N) is 2. The van der Waals surface area contributed by atoms with Gasteiger partial charge >= 0.3 is 0 Å². The van der Waals surface area contributed by atoms with Crippen molar-refractivity contribution in [3.8, 4) is 0 Å². The molecule has 5 aromatic rings. The molecule has 0 aliphatic heterocycles. The number of fused-ring (bicyclic) bond motifs is 1. The quantitative estimate of drug-likeness (QED) is 0.240. The minimum atomic E-state index is -0.200. The van der Waals surface area contributed by atoms with E-state index >= 15 is 0 Å². The number of hydrogen-bond donors (Lipinski definition) is 4. The van der Waals surface area contributed by atoms with Crippen LogP contribution in [-0.4, -0.2) is 15.9 Å². The molecule has 0 spiro atoms. The fourth-order valence-electron chi connectivity index (χ4n) is 3.65. The normalized spacial score (nSPS) is 10.6. The fourth-order valence-corrected chi connectivity index (χ4v) is 3.65. The van der Waals surface area contributed by atoms with Gasteiger partial charge in [0.15, 0.2) is 0 Å². The zero-order valence-electron chi connectivity index (χ0n) is 18.2. The van der Waals surface area contributed by atoms with Crippen molar-refractivity contribution >= 4 is 50.9 Å². The monoisotopic (exact) mass is 446 g/mol. The van der Waals surface area contributed by atoms with Crippen LogP contribution >= 0.6 is 0 Å². The van der Waals surface area contributed by atoms with E-state index in [1.54, 1.807) is 24.7 Å². The largest absolute Gasteiger partial charge is 0.399 e. The molecular formula is C27H22N6O. The molecule has 0 radical (unpaired) electrons. The van der Waals surface area contributed by atoms with E-state index < -0.39 is 0 Å². The molecule has 34 heavy (non-hydrogen) atoms. The number of benzene rings is 3. The van der Waals surface area contributed by atoms with Crippen LogP contribution in [0.2, 0.25) is 0 Å². The highest BCUT2D eigenvalue weighted by Crippen LogP contribution is 2.27. The summed E-state index contributed by atoms with van der Waals surface area (Å²) in [6.07, 6.45) is 5.18. The molecule has 166 valence electrons. The molecule has 2 heterocycles. The summed E-state index contributed by atoms with van der Waals surface area (Å²) in [5, 5.41) is 10.6. The van der Waals surface area contributed by atoms with Crippen LogP contribution in [0.1, 0.15) is 10.4 Å². The number of carbonyl (C=O) groups is 1. The van der Waals surface area contributed by atoms with Crippen LogP contribution in [0.3, 0.4) is 0 Å². The molecule has 7 nitrogen and oxygen atoms in total. The molecule has 0 aliphatic carbocycles. The average molecular weight is 447 g/mol. The van der Waals surface area contributed by atoms with Gasteiger partial charge in [0.25, 0.3) is 5.91 Å². The van der Waals surface area contributed by atoms with Gasteiger partial charge in [-0.05, 0) is 72.8 Å². The summed E-state index contributed by atoms with van der Waals surface area (Å²) in [6.45, 7) is 0. The van der Waals surface area contributed by atoms with Gasteiger partial charge in [0, 0.05) is 63.7 Å². The lowest BCUT2D eigenvalue weighted by molar-refractivity contribution is 0.102. The van der Waals surface area contributed by atoms with Crippen molar-refractivity contribution in [1.82, 2.24) is 9.97 Å². The number of aromatic nitrogens is 2. The van der Waals surface area contributed by atoms with Crippen molar-refractivity contribution in [3.05, 3.63) is 109 Å². The molecule has 1 amide bonds. The first kappa shape index (κ1) is 21.0. The van der Waals surface area contributed by atoms with Crippen LogP contribution in [0.4, 0.5) is 34.1 Å². The molecule has 5 rings (SSSR count). The third kappa shape index (κ3) is 4.78. The van der Waals surface area contributed by atoms with Crippen LogP contribution in [0.25, 0.3) is 10.9 Å². The molecule has 0 fully saturated rings. The molecule has 0 saturated carbocycles. The molecule has 3 aromatic carbocycles. The predicted molar refractivity (Wildman–Crippen MR) is 138 cm³/mol. The maximum atomic E-state index is 13.0. The summed E-state index contributed by atoms with van der Waals surface area (Å²) in [4.78, 5) is 21.4. The minimum Gasteiger partial charge on any atom is -0.399 e. The van der Waals surface area contributed by atoms with Crippen molar-refractivity contribution in [1.29, 1.82) is 0 Å². The predicted octanol–water partition coefficient (Wildman–Crippen LogP) is 5.95. The number of rotatable bonds is 6. The number of carbonyl (C=O) groups excluding carboxylic acids is 1. The molecule has 2 aromatic heterocycles. The minimum absolute atomic E-state index is 0.200. The Balaban J connectivity index is 1.33. The number of nitrogen functional groups attached to an aromatic ring is 1. The van der Waals surface area contributed by atoms with Crippen LogP contribution in [0.5, 0.6) is 0 Å². The zero-order valence-corrected chi connectivity index (χ0v) is 18.2. The van der Waals surface area contributed by atoms with Crippen molar-refractivity contribution in [2.75, 3.05) is 21.7 Å². The number of nitrogens with one attached hydrogen (secondary N) is 3. The molecule has 0 unspecified atom stereocenters. The molecule has 0 atom stereocenters. The first-order valence-corrected chi connectivity index (χ1v) is 10.7. The second-order valence-electron chi connectivity index (χ2n) is 7.74. The standard InChI is InChI=1S/C27H22N6O/c28-19-7-8-25-24(16-19)26(11-14-30-25)32-21-4-1-3-18(15-21)27(34)33-23-6-2-5-22(17-23)31-20-9-12-29-13-10-20/h1-17H,28H2,(H,29,31)(H,30,32)(H,33,34). The number of hydrogen-bond acceptors (Lipinski definition) is 6. The summed E-state index contributed by atoms with van der Waals surface area (Å²) in [6, 6.07) is 26.1. The van der Waals surface area contributed by atoms with Gasteiger partial charge in [-0.3, -0.25) is 14.8 Å². The van der Waals surface area contributed by atoms with Crippen LogP contribution in [0, 0.1) is 0 Å². The molecule has 7 heteroatoms. The Kier molecular flexibility index (Phi) is 5.73. The highest BCUT2D eigenvalue weighted by molar-refractivity contribution is 6.05. The van der Waals surface area contributed by atoms with Crippen LogP contribution < -0.4 is 21.7 Å². The van der Waals surface area contributed by atoms with Gasteiger partial charge < -0.3 is 21.7 Å². The smallest absolute Gasteiger partial charge is 0.255 e. The average Bonchev–Trinajstić information content (AvgIpc) is 2.85. The lowest BCUT2D eigenvalue weighted by Gasteiger charge is -2.12. The highest BCUT2D eigenvalue weighted by Gasteiger charge is 2.09. The van der Waals surface area contributed by atoms with Gasteiger partial charge in [0.2, 0.25) is 0 Å². The van der Waals surface area contributed by atoms with Crippen molar-refractivity contribution in [2.24, 2.45) is 0 Å². The summed E-state index contributed by atoms with van der Waals surface area (Å²) in [5.41, 5.74) is 12.1. The van der Waals surface area contributed by atoms with Crippen molar-refractivity contribution < 1.29 is 4.79 Å². The Morgan fingerprint density at radius 1 is 0.706 bits per heavy atom. The maximum Gasteiger partial charge on any atom is 0.255 e. The first-order valence-electron chi connectivity index (χ1n) is 10.7. The fraction of sp³-hybridized carbons (Fsp3) is 0. The third-order valence-electron chi connectivity index (χ3n) is 5.26. The van der Waals surface area contributed by atoms with E-state index in [9.17, 15) is 4.79 Å². The number of anilines is 6. The number of nitrogens with two attached hydrogens (primary N) is 1. The lowest BCUT2D eigenvalue weighted by atomic mass is 10.1. The van der Waals surface area contributed by atoms with Crippen molar-refractivity contribution in [3.63, 3.8) is 0 Å². The lowest BCUT2D eigenvalue weighted by Crippen LogP contribution is -2.12. The molecular weight excluding hydrogens is 424 g/mol. The van der Waals surface area contributed by atoms with E-state index in [4.69, 9.17) is 5.73 Å². The summed E-state index contributed by atoms with van der Waals surface area (Å²) in [7, 11) is 0. The van der Waals surface area contributed by atoms with E-state index in [1.165, 1.54) is 0 Å². The Hall–Kier alpha value is -4.91. The molecule has 0 bridgehead atoms. The van der Waals surface area contributed by atoms with Gasteiger partial charge in [0.05, 0.1) is 5.52 Å². The summed E-state index contributed by atoms with van der Waals surface area (Å²) < 4.78 is 0. The SMILES string of the molecule is Nc1ccc2nccc(Nc3cccc(C(=O)Nc4cccc(Nc5ccncc5)c4)c3)c2c1. The molecule has 0 saturated heterocycles. The molecule has 0 aliphatic rings. The summed E-state index contributed by atoms with van der Waals surface area (Å²) in [5.74, 6) is -0.200. The van der Waals surface area contributed by atoms with E-state index in [1.807, 2.05) is 78.9 Å². The maximum absolute atomic E-state index is 13.0. The van der Waals surface area contributed by atoms with Crippen molar-refractivity contribution in [2.45, 2.75) is 0 Å². The summed E-state index contributed by atoms with van der Waals surface area (Å²) >= 11 is 0. The second kappa shape index (κ2) is 9.30. The second-order valence-corrected chi connectivity index (χ2v) is 7.74. The van der Waals surface area contributed by atoms with Gasteiger partial charge in [-0.15, -0.1) is 0 Å². The number of amides is 1. The van der Waals surface area contributed by atoms with Gasteiger partial charge in [-0.1, -0.05) is 12.1 Å². The van der Waals surface area contributed by atoms with E-state index in [0.717, 1.165) is 33.7 Å². The Bertz CT molecular complexity index is 1470.